The number of hydrogen-bond donors (Lipinski definition) is 1. The first-order chi connectivity index (χ1) is 11.0. The van der Waals surface area contributed by atoms with E-state index >= 15 is 0 Å². The fourth-order valence-electron chi connectivity index (χ4n) is 2.83. The van der Waals surface area contributed by atoms with Gasteiger partial charge in [0.25, 0.3) is 0 Å². The summed E-state index contributed by atoms with van der Waals surface area (Å²) >= 11 is 0. The van der Waals surface area contributed by atoms with Crippen LogP contribution < -0.4 is 34.9 Å². The number of carbonyl (C=O) groups is 1. The predicted octanol–water partition coefficient (Wildman–Crippen LogP) is -1.05. The summed E-state index contributed by atoms with van der Waals surface area (Å²) in [6.45, 7) is 0.723. The first-order valence-corrected chi connectivity index (χ1v) is 8.95. The summed E-state index contributed by atoms with van der Waals surface area (Å²) in [7, 11) is -4.18. The summed E-state index contributed by atoms with van der Waals surface area (Å²) in [5, 5.41) is 5.04. The molecule has 1 aliphatic carbocycles. The molecule has 1 N–H and O–H groups in total. The predicted molar refractivity (Wildman–Crippen MR) is 88.3 cm³/mol. The van der Waals surface area contributed by atoms with E-state index < -0.39 is 15.9 Å². The molecular weight excluding hydrogens is 337 g/mol. The fourth-order valence-corrected chi connectivity index (χ4v) is 3.33. The van der Waals surface area contributed by atoms with Gasteiger partial charge in [-0.1, -0.05) is 36.4 Å². The fraction of sp³-hybridized carbons (Fsp3) is 0.235. The van der Waals surface area contributed by atoms with E-state index in [1.54, 1.807) is 0 Å². The Labute approximate surface area is 163 Å². The van der Waals surface area contributed by atoms with Gasteiger partial charge in [-0.15, -0.1) is 0 Å². The molecule has 120 valence electrons. The molecule has 7 heteroatoms. The van der Waals surface area contributed by atoms with Gasteiger partial charge in [-0.05, 0) is 30.0 Å². The van der Waals surface area contributed by atoms with Crippen LogP contribution in [0.15, 0.2) is 42.0 Å². The average molecular weight is 353 g/mol. The summed E-state index contributed by atoms with van der Waals surface area (Å²) < 4.78 is 31.6. The second kappa shape index (κ2) is 7.91. The molecule has 0 spiro atoms. The van der Waals surface area contributed by atoms with Crippen molar-refractivity contribution in [2.75, 3.05) is 18.8 Å². The maximum absolute atomic E-state index is 12.6. The molecule has 0 bridgehead atoms. The van der Waals surface area contributed by atoms with Crippen molar-refractivity contribution in [3.8, 4) is 0 Å². The van der Waals surface area contributed by atoms with Gasteiger partial charge in [-0.2, -0.15) is 0 Å². The maximum atomic E-state index is 12.6. The van der Waals surface area contributed by atoms with Gasteiger partial charge in [0.15, 0.2) is 5.78 Å². The Balaban J connectivity index is 0.00000208. The van der Waals surface area contributed by atoms with Crippen molar-refractivity contribution in [2.24, 2.45) is 0 Å². The third-order valence-electron chi connectivity index (χ3n) is 3.87. The number of hydrogen-bond acceptors (Lipinski definition) is 5. The van der Waals surface area contributed by atoms with Crippen LogP contribution in [0.2, 0.25) is 0 Å². The van der Waals surface area contributed by atoms with Gasteiger partial charge in [-0.25, -0.2) is 8.42 Å². The van der Waals surface area contributed by atoms with E-state index in [0.717, 1.165) is 16.3 Å². The zero-order chi connectivity index (χ0) is 16.4. The number of Topliss-reactive ketones (excluding diaryl/α,β-unsaturated/α-hetero) is 1. The molecule has 0 aliphatic heterocycles. The van der Waals surface area contributed by atoms with Gasteiger partial charge >= 0.3 is 29.6 Å². The maximum Gasteiger partial charge on any atom is 1.00 e. The Morgan fingerprint density at radius 3 is 2.50 bits per heavy atom. The molecule has 2 aromatic rings. The molecule has 5 nitrogen and oxygen atoms in total. The van der Waals surface area contributed by atoms with Crippen LogP contribution in [0.3, 0.4) is 0 Å². The van der Waals surface area contributed by atoms with Crippen molar-refractivity contribution in [1.29, 1.82) is 0 Å². The van der Waals surface area contributed by atoms with E-state index in [1.165, 1.54) is 0 Å². The van der Waals surface area contributed by atoms with Gasteiger partial charge in [0.1, 0.15) is 0 Å². The average Bonchev–Trinajstić information content (AvgIpc) is 2.50. The number of benzene rings is 2. The standard InChI is InChI=1S/C17H17NO4S.Na/c19-17-14(11-18-8-3-9-23(20,21)22)10-13-6-1-4-12-5-2-7-15(17)16(12)13;/h1-2,4-7,10,18H,3,8-9,11H2,(H,20,21,22);/q;+1/p-1. The van der Waals surface area contributed by atoms with Gasteiger partial charge in [0.2, 0.25) is 0 Å². The topological polar surface area (TPSA) is 86.3 Å². The number of nitrogens with one attached hydrogen (secondary N) is 1. The van der Waals surface area contributed by atoms with Crippen molar-refractivity contribution in [3.05, 3.63) is 53.1 Å². The van der Waals surface area contributed by atoms with Crippen molar-refractivity contribution < 1.29 is 47.3 Å². The molecule has 0 radical (unpaired) electrons. The Bertz CT molecular complexity index is 901. The van der Waals surface area contributed by atoms with Crippen LogP contribution in [-0.4, -0.2) is 37.6 Å². The second-order valence-corrected chi connectivity index (χ2v) is 7.07. The van der Waals surface area contributed by atoms with Crippen molar-refractivity contribution in [3.63, 3.8) is 0 Å². The quantitative estimate of drug-likeness (QED) is 0.407. The third kappa shape index (κ3) is 4.33. The SMILES string of the molecule is O=C1C(CNCCCS(=O)(=O)[O-])=Cc2cccc3cccc1c23.[Na+]. The minimum absolute atomic E-state index is 0. The first-order valence-electron chi connectivity index (χ1n) is 7.37. The van der Waals surface area contributed by atoms with Gasteiger partial charge < -0.3 is 9.87 Å². The third-order valence-corrected chi connectivity index (χ3v) is 4.65. The molecular formula is C17H16NNaO4S. The van der Waals surface area contributed by atoms with E-state index in [4.69, 9.17) is 0 Å². The molecule has 3 rings (SSSR count). The van der Waals surface area contributed by atoms with Crippen LogP contribution in [0.5, 0.6) is 0 Å². The monoisotopic (exact) mass is 353 g/mol. The van der Waals surface area contributed by atoms with Crippen LogP contribution in [0.4, 0.5) is 0 Å². The molecule has 0 amide bonds. The van der Waals surface area contributed by atoms with Crippen LogP contribution in [0.1, 0.15) is 22.3 Å². The van der Waals surface area contributed by atoms with E-state index in [0.29, 0.717) is 24.2 Å². The molecule has 0 heterocycles. The summed E-state index contributed by atoms with van der Waals surface area (Å²) in [6.07, 6.45) is 2.11. The normalized spacial score (nSPS) is 13.5. The molecule has 0 unspecified atom stereocenters. The van der Waals surface area contributed by atoms with Crippen LogP contribution >= 0.6 is 0 Å². The number of ketones is 1. The summed E-state index contributed by atoms with van der Waals surface area (Å²) in [5.74, 6) is -0.409. The Morgan fingerprint density at radius 2 is 1.79 bits per heavy atom. The van der Waals surface area contributed by atoms with Crippen LogP contribution in [0.25, 0.3) is 16.8 Å². The largest absolute Gasteiger partial charge is 1.00 e. The summed E-state index contributed by atoms with van der Waals surface area (Å²) in [6, 6.07) is 11.6. The van der Waals surface area contributed by atoms with Crippen LogP contribution in [-0.2, 0) is 10.1 Å². The van der Waals surface area contributed by atoms with Crippen LogP contribution in [0, 0.1) is 0 Å². The Morgan fingerprint density at radius 1 is 1.08 bits per heavy atom. The molecule has 0 fully saturated rings. The summed E-state index contributed by atoms with van der Waals surface area (Å²) in [5.41, 5.74) is 2.34. The smallest absolute Gasteiger partial charge is 0.748 e. The van der Waals surface area contributed by atoms with Crippen molar-refractivity contribution in [2.45, 2.75) is 6.42 Å². The van der Waals surface area contributed by atoms with Gasteiger partial charge in [-0.3, -0.25) is 4.79 Å². The Kier molecular flexibility index (Phi) is 6.36. The molecule has 0 saturated carbocycles. The zero-order valence-electron chi connectivity index (χ0n) is 13.4. The Hall–Kier alpha value is -1.02. The van der Waals surface area contributed by atoms with Crippen molar-refractivity contribution in [1.82, 2.24) is 5.32 Å². The summed E-state index contributed by atoms with van der Waals surface area (Å²) in [4.78, 5) is 12.6. The van der Waals surface area contributed by atoms with Gasteiger partial charge in [0.05, 0.1) is 10.1 Å². The van der Waals surface area contributed by atoms with E-state index in [2.05, 4.69) is 5.32 Å². The van der Waals surface area contributed by atoms with E-state index in [1.807, 2.05) is 42.5 Å². The van der Waals surface area contributed by atoms with E-state index in [9.17, 15) is 17.8 Å². The molecule has 0 atom stereocenters. The molecule has 1 aliphatic rings. The first kappa shape index (κ1) is 19.3. The van der Waals surface area contributed by atoms with E-state index in [-0.39, 0.29) is 41.8 Å². The zero-order valence-corrected chi connectivity index (χ0v) is 16.2. The number of rotatable bonds is 6. The minimum Gasteiger partial charge on any atom is -0.748 e. The molecule has 24 heavy (non-hydrogen) atoms. The number of carbonyl (C=O) groups excluding carboxylic acids is 1. The minimum atomic E-state index is -4.18. The molecule has 0 aromatic heterocycles. The molecule has 0 saturated heterocycles. The van der Waals surface area contributed by atoms with Gasteiger partial charge in [0, 0.05) is 28.8 Å². The second-order valence-electron chi connectivity index (χ2n) is 5.54. The van der Waals surface area contributed by atoms with Crippen molar-refractivity contribution >= 4 is 32.7 Å². The molecule has 2 aromatic carbocycles.